The summed E-state index contributed by atoms with van der Waals surface area (Å²) in [5.41, 5.74) is 0. The van der Waals surface area contributed by atoms with Gasteiger partial charge in [-0.25, -0.2) is 14.6 Å². The van der Waals surface area contributed by atoms with E-state index in [1.165, 1.54) is 9.88 Å². The topological polar surface area (TPSA) is 80.0 Å². The van der Waals surface area contributed by atoms with E-state index in [0.717, 1.165) is 50.6 Å². The summed E-state index contributed by atoms with van der Waals surface area (Å²) in [5.74, 6) is 1.91. The molecule has 0 saturated heterocycles. The number of rotatable bonds is 5. The van der Waals surface area contributed by atoms with E-state index in [9.17, 15) is 0 Å². The lowest BCUT2D eigenvalue weighted by molar-refractivity contribution is 0.393. The maximum Gasteiger partial charge on any atom is 0.191 e. The van der Waals surface area contributed by atoms with Crippen molar-refractivity contribution in [3.05, 3.63) is 28.2 Å². The molecule has 124 valence electrons. The van der Waals surface area contributed by atoms with Crippen LogP contribution in [0, 0.1) is 0 Å². The van der Waals surface area contributed by atoms with Crippen LogP contribution in [0.4, 0.5) is 0 Å². The zero-order valence-electron chi connectivity index (χ0n) is 13.6. The van der Waals surface area contributed by atoms with Gasteiger partial charge in [-0.3, -0.25) is 4.99 Å². The predicted octanol–water partition coefficient (Wildman–Crippen LogP) is 1.02. The van der Waals surface area contributed by atoms with E-state index < -0.39 is 0 Å². The zero-order valence-corrected chi connectivity index (χ0v) is 14.4. The molecule has 0 fully saturated rings. The summed E-state index contributed by atoms with van der Waals surface area (Å²) in [7, 11) is 1.80. The number of fused-ring (bicyclic) bond motifs is 1. The van der Waals surface area contributed by atoms with Crippen molar-refractivity contribution in [1.82, 2.24) is 30.4 Å². The van der Waals surface area contributed by atoms with E-state index in [-0.39, 0.29) is 0 Å². The van der Waals surface area contributed by atoms with E-state index in [2.05, 4.69) is 37.6 Å². The molecule has 0 bridgehead atoms. The van der Waals surface area contributed by atoms with Crippen molar-refractivity contribution in [2.24, 2.45) is 4.99 Å². The second kappa shape index (κ2) is 7.54. The van der Waals surface area contributed by atoms with Gasteiger partial charge in [0.1, 0.15) is 12.2 Å². The highest BCUT2D eigenvalue weighted by molar-refractivity contribution is 7.11. The average molecular weight is 333 g/mol. The quantitative estimate of drug-likeness (QED) is 0.631. The van der Waals surface area contributed by atoms with Crippen molar-refractivity contribution >= 4 is 17.3 Å². The van der Waals surface area contributed by atoms with Crippen molar-refractivity contribution in [3.8, 4) is 0 Å². The molecule has 0 spiro atoms. The van der Waals surface area contributed by atoms with Crippen LogP contribution in [0.2, 0.25) is 0 Å². The first-order valence-corrected chi connectivity index (χ1v) is 8.87. The third kappa shape index (κ3) is 4.07. The predicted molar refractivity (Wildman–Crippen MR) is 91.8 cm³/mol. The maximum atomic E-state index is 4.44. The fourth-order valence-corrected chi connectivity index (χ4v) is 3.52. The third-order valence-corrected chi connectivity index (χ3v) is 5.15. The molecule has 0 saturated carbocycles. The molecule has 3 rings (SSSR count). The molecule has 1 aliphatic rings. The third-order valence-electron chi connectivity index (χ3n) is 3.95. The molecule has 0 aromatic carbocycles. The molecule has 0 amide bonds. The van der Waals surface area contributed by atoms with Crippen LogP contribution in [-0.4, -0.2) is 45.3 Å². The molecule has 23 heavy (non-hydrogen) atoms. The Morgan fingerprint density at radius 2 is 2.39 bits per heavy atom. The number of aromatic nitrogens is 4. The Bertz CT molecular complexity index is 660. The molecule has 1 aliphatic heterocycles. The highest BCUT2D eigenvalue weighted by atomic mass is 32.1. The van der Waals surface area contributed by atoms with Gasteiger partial charge < -0.3 is 10.6 Å². The van der Waals surface area contributed by atoms with E-state index in [1.807, 2.05) is 10.9 Å². The molecule has 8 heteroatoms. The zero-order chi connectivity index (χ0) is 16.1. The van der Waals surface area contributed by atoms with Crippen LogP contribution in [0.3, 0.4) is 0 Å². The summed E-state index contributed by atoms with van der Waals surface area (Å²) >= 11 is 1.79. The molecule has 3 heterocycles. The van der Waals surface area contributed by atoms with Crippen molar-refractivity contribution in [2.45, 2.75) is 45.2 Å². The van der Waals surface area contributed by atoms with Crippen LogP contribution in [0.5, 0.6) is 0 Å². The minimum absolute atomic E-state index is 0.335. The number of hydrogen-bond donors (Lipinski definition) is 2. The lowest BCUT2D eigenvalue weighted by atomic mass is 10.1. The molecule has 2 N–H and O–H groups in total. The van der Waals surface area contributed by atoms with Crippen LogP contribution >= 0.6 is 11.3 Å². The summed E-state index contributed by atoms with van der Waals surface area (Å²) in [6.45, 7) is 3.83. The van der Waals surface area contributed by atoms with Gasteiger partial charge in [0.15, 0.2) is 5.96 Å². The summed E-state index contributed by atoms with van der Waals surface area (Å²) in [6, 6.07) is 0.335. The van der Waals surface area contributed by atoms with Gasteiger partial charge in [-0.2, -0.15) is 5.10 Å². The molecule has 1 unspecified atom stereocenters. The molecule has 7 nitrogen and oxygen atoms in total. The largest absolute Gasteiger partial charge is 0.356 e. The first kappa shape index (κ1) is 15.9. The minimum atomic E-state index is 0.335. The highest BCUT2D eigenvalue weighted by Crippen LogP contribution is 2.13. The Labute approximate surface area is 140 Å². The number of hydrogen-bond acceptors (Lipinski definition) is 5. The Hall–Kier alpha value is -1.96. The lowest BCUT2D eigenvalue weighted by Crippen LogP contribution is -2.47. The SMILES string of the molecule is CCc1cnc(CCNC(=NC)NC2CCc3ncnn3C2)s1. The van der Waals surface area contributed by atoms with E-state index in [1.54, 1.807) is 24.7 Å². The van der Waals surface area contributed by atoms with E-state index in [0.29, 0.717) is 6.04 Å². The van der Waals surface area contributed by atoms with Crippen molar-refractivity contribution in [3.63, 3.8) is 0 Å². The van der Waals surface area contributed by atoms with Crippen LogP contribution in [0.1, 0.15) is 29.1 Å². The van der Waals surface area contributed by atoms with Gasteiger partial charge in [-0.05, 0) is 12.8 Å². The van der Waals surface area contributed by atoms with Crippen LogP contribution in [0.25, 0.3) is 0 Å². The molecule has 2 aromatic heterocycles. The van der Waals surface area contributed by atoms with Crippen LogP contribution < -0.4 is 10.6 Å². The molecule has 1 atom stereocenters. The number of aryl methyl sites for hydroxylation is 2. The van der Waals surface area contributed by atoms with Gasteiger partial charge in [0.2, 0.25) is 0 Å². The Morgan fingerprint density at radius 1 is 1.48 bits per heavy atom. The van der Waals surface area contributed by atoms with Gasteiger partial charge in [-0.15, -0.1) is 11.3 Å². The lowest BCUT2D eigenvalue weighted by Gasteiger charge is -2.25. The molecular formula is C15H23N7S. The summed E-state index contributed by atoms with van der Waals surface area (Å²) in [6.07, 6.45) is 7.58. The molecule has 2 aromatic rings. The summed E-state index contributed by atoms with van der Waals surface area (Å²) < 4.78 is 1.97. The van der Waals surface area contributed by atoms with Gasteiger partial charge in [0.05, 0.1) is 11.6 Å². The highest BCUT2D eigenvalue weighted by Gasteiger charge is 2.20. The Kier molecular flexibility index (Phi) is 5.22. The second-order valence-electron chi connectivity index (χ2n) is 5.56. The number of nitrogens with zero attached hydrogens (tertiary/aromatic N) is 5. The summed E-state index contributed by atoms with van der Waals surface area (Å²) in [4.78, 5) is 14.4. The van der Waals surface area contributed by atoms with Gasteiger partial charge in [0, 0.05) is 43.5 Å². The number of guanidine groups is 1. The standard InChI is InChI=1S/C15H23N7S/c1-3-12-8-18-14(23-12)6-7-17-15(16-2)21-11-4-5-13-19-10-20-22(13)9-11/h8,10-11H,3-7,9H2,1-2H3,(H2,16,17,21). The smallest absolute Gasteiger partial charge is 0.191 e. The van der Waals surface area contributed by atoms with Crippen molar-refractivity contribution in [2.75, 3.05) is 13.6 Å². The van der Waals surface area contributed by atoms with Gasteiger partial charge in [0.25, 0.3) is 0 Å². The first-order valence-electron chi connectivity index (χ1n) is 8.06. The normalized spacial score (nSPS) is 17.8. The Morgan fingerprint density at radius 3 is 3.17 bits per heavy atom. The minimum Gasteiger partial charge on any atom is -0.356 e. The van der Waals surface area contributed by atoms with Crippen molar-refractivity contribution < 1.29 is 0 Å². The maximum absolute atomic E-state index is 4.44. The van der Waals surface area contributed by atoms with Gasteiger partial charge in [-0.1, -0.05) is 6.92 Å². The fraction of sp³-hybridized carbons (Fsp3) is 0.600. The molecule has 0 radical (unpaired) electrons. The average Bonchev–Trinajstić information content (AvgIpc) is 3.22. The molecule has 0 aliphatic carbocycles. The monoisotopic (exact) mass is 333 g/mol. The second-order valence-corrected chi connectivity index (χ2v) is 6.76. The van der Waals surface area contributed by atoms with Gasteiger partial charge >= 0.3 is 0 Å². The van der Waals surface area contributed by atoms with Crippen LogP contribution in [0.15, 0.2) is 17.5 Å². The Balaban J connectivity index is 1.45. The van der Waals surface area contributed by atoms with Crippen LogP contribution in [-0.2, 0) is 25.8 Å². The molecular weight excluding hydrogens is 310 g/mol. The number of thiazole rings is 1. The fourth-order valence-electron chi connectivity index (χ4n) is 2.66. The number of nitrogens with one attached hydrogen (secondary N) is 2. The van der Waals surface area contributed by atoms with Crippen molar-refractivity contribution in [1.29, 1.82) is 0 Å². The van der Waals surface area contributed by atoms with E-state index >= 15 is 0 Å². The van der Waals surface area contributed by atoms with E-state index in [4.69, 9.17) is 0 Å². The first-order chi connectivity index (χ1) is 11.3. The number of aliphatic imine (C=N–C) groups is 1. The summed E-state index contributed by atoms with van der Waals surface area (Å²) in [5, 5.41) is 12.3.